The van der Waals surface area contributed by atoms with Crippen molar-refractivity contribution in [1.82, 2.24) is 9.88 Å². The summed E-state index contributed by atoms with van der Waals surface area (Å²) in [5, 5.41) is 3.37. The maximum Gasteiger partial charge on any atom is 0.255 e. The van der Waals surface area contributed by atoms with Crippen LogP contribution in [0, 0.1) is 0 Å². The van der Waals surface area contributed by atoms with Crippen molar-refractivity contribution in [2.75, 3.05) is 18.4 Å². The average Bonchev–Trinajstić information content (AvgIpc) is 2.58. The van der Waals surface area contributed by atoms with Crippen LogP contribution in [0.2, 0.25) is 0 Å². The molecule has 22 heavy (non-hydrogen) atoms. The fourth-order valence-corrected chi connectivity index (χ4v) is 3.12. The summed E-state index contributed by atoms with van der Waals surface area (Å²) in [5.74, 6) is 0.135. The normalized spacial score (nSPS) is 18.3. The van der Waals surface area contributed by atoms with Gasteiger partial charge < -0.3 is 10.2 Å². The van der Waals surface area contributed by atoms with Crippen LogP contribution >= 0.6 is 0 Å². The Kier molecular flexibility index (Phi) is 6.69. The zero-order chi connectivity index (χ0) is 15.8. The Bertz CT molecular complexity index is 475. The predicted molar refractivity (Wildman–Crippen MR) is 91.2 cm³/mol. The second-order valence-electron chi connectivity index (χ2n) is 6.15. The number of rotatable bonds is 7. The molecule has 1 unspecified atom stereocenters. The molecule has 1 saturated heterocycles. The number of aromatic nitrogens is 1. The lowest BCUT2D eigenvalue weighted by Gasteiger charge is -2.35. The van der Waals surface area contributed by atoms with E-state index in [4.69, 9.17) is 0 Å². The summed E-state index contributed by atoms with van der Waals surface area (Å²) in [4.78, 5) is 19.0. The highest BCUT2D eigenvalue weighted by Gasteiger charge is 2.26. The second kappa shape index (κ2) is 8.76. The molecule has 0 spiro atoms. The first-order chi connectivity index (χ1) is 10.8. The maximum atomic E-state index is 12.8. The standard InChI is InChI=1S/C18H29N3O/c1-3-5-7-10-20-16-12-15(13-19-14-16)18(22)21-11-8-6-9-17(21)4-2/h12-14,17,20H,3-11H2,1-2H3. The van der Waals surface area contributed by atoms with Crippen LogP contribution in [0.15, 0.2) is 18.5 Å². The van der Waals surface area contributed by atoms with Gasteiger partial charge in [0, 0.05) is 31.5 Å². The first kappa shape index (κ1) is 16.8. The van der Waals surface area contributed by atoms with Gasteiger partial charge in [0.2, 0.25) is 0 Å². The molecule has 2 heterocycles. The minimum absolute atomic E-state index is 0.135. The van der Waals surface area contributed by atoms with Crippen molar-refractivity contribution < 1.29 is 4.79 Å². The van der Waals surface area contributed by atoms with Crippen LogP contribution < -0.4 is 5.32 Å². The predicted octanol–water partition coefficient (Wildman–Crippen LogP) is 4.09. The Balaban J connectivity index is 1.99. The molecule has 1 aliphatic heterocycles. The maximum absolute atomic E-state index is 12.8. The van der Waals surface area contributed by atoms with Crippen molar-refractivity contribution in [3.8, 4) is 0 Å². The van der Waals surface area contributed by atoms with Gasteiger partial charge in [0.15, 0.2) is 0 Å². The number of carbonyl (C=O) groups is 1. The molecule has 2 rings (SSSR count). The smallest absolute Gasteiger partial charge is 0.255 e. The van der Waals surface area contributed by atoms with E-state index in [2.05, 4.69) is 24.1 Å². The number of unbranched alkanes of at least 4 members (excludes halogenated alkanes) is 2. The van der Waals surface area contributed by atoms with E-state index in [1.165, 1.54) is 19.3 Å². The zero-order valence-electron chi connectivity index (χ0n) is 14.0. The summed E-state index contributed by atoms with van der Waals surface area (Å²) < 4.78 is 0. The number of nitrogens with zero attached hydrogens (tertiary/aromatic N) is 2. The van der Waals surface area contributed by atoms with Crippen LogP contribution in [0.4, 0.5) is 5.69 Å². The van der Waals surface area contributed by atoms with Gasteiger partial charge in [-0.1, -0.05) is 26.7 Å². The molecule has 1 aliphatic rings. The Morgan fingerprint density at radius 1 is 1.32 bits per heavy atom. The van der Waals surface area contributed by atoms with E-state index in [0.717, 1.165) is 44.5 Å². The molecule has 1 amide bonds. The van der Waals surface area contributed by atoms with E-state index in [9.17, 15) is 4.79 Å². The van der Waals surface area contributed by atoms with E-state index >= 15 is 0 Å². The summed E-state index contributed by atoms with van der Waals surface area (Å²) in [6.07, 6.45) is 11.6. The monoisotopic (exact) mass is 303 g/mol. The first-order valence-corrected chi connectivity index (χ1v) is 8.76. The molecule has 0 aromatic carbocycles. The number of pyridine rings is 1. The second-order valence-corrected chi connectivity index (χ2v) is 6.15. The highest BCUT2D eigenvalue weighted by molar-refractivity contribution is 5.95. The van der Waals surface area contributed by atoms with Gasteiger partial charge >= 0.3 is 0 Å². The number of carbonyl (C=O) groups excluding carboxylic acids is 1. The van der Waals surface area contributed by atoms with Crippen molar-refractivity contribution >= 4 is 11.6 Å². The van der Waals surface area contributed by atoms with Crippen LogP contribution in [0.3, 0.4) is 0 Å². The van der Waals surface area contributed by atoms with Crippen molar-refractivity contribution in [2.45, 2.75) is 64.8 Å². The van der Waals surface area contributed by atoms with E-state index in [1.807, 2.05) is 11.0 Å². The molecule has 0 saturated carbocycles. The van der Waals surface area contributed by atoms with E-state index in [-0.39, 0.29) is 5.91 Å². The highest BCUT2D eigenvalue weighted by atomic mass is 16.2. The number of likely N-dealkylation sites (tertiary alicyclic amines) is 1. The molecular weight excluding hydrogens is 274 g/mol. The van der Waals surface area contributed by atoms with Gasteiger partial charge in [-0.3, -0.25) is 9.78 Å². The van der Waals surface area contributed by atoms with Gasteiger partial charge in [0.1, 0.15) is 0 Å². The highest BCUT2D eigenvalue weighted by Crippen LogP contribution is 2.22. The molecule has 122 valence electrons. The van der Waals surface area contributed by atoms with E-state index in [1.54, 1.807) is 12.4 Å². The van der Waals surface area contributed by atoms with Crippen molar-refractivity contribution in [3.63, 3.8) is 0 Å². The van der Waals surface area contributed by atoms with Crippen LogP contribution in [0.1, 0.15) is 69.2 Å². The number of piperidine rings is 1. The zero-order valence-corrected chi connectivity index (χ0v) is 14.0. The van der Waals surface area contributed by atoms with Crippen LogP contribution in [-0.4, -0.2) is 34.9 Å². The molecule has 1 fully saturated rings. The lowest BCUT2D eigenvalue weighted by Crippen LogP contribution is -2.43. The lowest BCUT2D eigenvalue weighted by atomic mass is 9.99. The molecule has 0 bridgehead atoms. The molecule has 4 heteroatoms. The number of amides is 1. The number of hydrogen-bond acceptors (Lipinski definition) is 3. The molecule has 0 radical (unpaired) electrons. The quantitative estimate of drug-likeness (QED) is 0.772. The summed E-state index contributed by atoms with van der Waals surface area (Å²) in [6, 6.07) is 2.34. The molecule has 1 aromatic heterocycles. The molecule has 4 nitrogen and oxygen atoms in total. The SMILES string of the molecule is CCCCCNc1cncc(C(=O)N2CCCCC2CC)c1. The van der Waals surface area contributed by atoms with Crippen molar-refractivity contribution in [2.24, 2.45) is 0 Å². The van der Waals surface area contributed by atoms with Gasteiger partial charge in [-0.05, 0) is 38.2 Å². The molecular formula is C18H29N3O. The Hall–Kier alpha value is -1.58. The summed E-state index contributed by atoms with van der Waals surface area (Å²) >= 11 is 0. The largest absolute Gasteiger partial charge is 0.384 e. The number of nitrogens with one attached hydrogen (secondary N) is 1. The number of anilines is 1. The van der Waals surface area contributed by atoms with Gasteiger partial charge in [-0.15, -0.1) is 0 Å². The van der Waals surface area contributed by atoms with Gasteiger partial charge in [-0.2, -0.15) is 0 Å². The lowest BCUT2D eigenvalue weighted by molar-refractivity contribution is 0.0607. The minimum Gasteiger partial charge on any atom is -0.384 e. The van der Waals surface area contributed by atoms with E-state index < -0.39 is 0 Å². The Labute approximate surface area is 134 Å². The van der Waals surface area contributed by atoms with Gasteiger partial charge in [0.25, 0.3) is 5.91 Å². The summed E-state index contributed by atoms with van der Waals surface area (Å²) in [7, 11) is 0. The van der Waals surface area contributed by atoms with E-state index in [0.29, 0.717) is 11.6 Å². The van der Waals surface area contributed by atoms with Crippen molar-refractivity contribution in [3.05, 3.63) is 24.0 Å². The Morgan fingerprint density at radius 2 is 2.18 bits per heavy atom. The Morgan fingerprint density at radius 3 is 2.95 bits per heavy atom. The van der Waals surface area contributed by atoms with Gasteiger partial charge in [-0.25, -0.2) is 0 Å². The number of hydrogen-bond donors (Lipinski definition) is 1. The third kappa shape index (κ3) is 4.46. The fraction of sp³-hybridized carbons (Fsp3) is 0.667. The van der Waals surface area contributed by atoms with Gasteiger partial charge in [0.05, 0.1) is 11.3 Å². The molecule has 1 atom stereocenters. The molecule has 1 aromatic rings. The third-order valence-electron chi connectivity index (χ3n) is 4.45. The fourth-order valence-electron chi connectivity index (χ4n) is 3.12. The first-order valence-electron chi connectivity index (χ1n) is 8.76. The van der Waals surface area contributed by atoms with Crippen molar-refractivity contribution in [1.29, 1.82) is 0 Å². The van der Waals surface area contributed by atoms with Crippen LogP contribution in [0.5, 0.6) is 0 Å². The van der Waals surface area contributed by atoms with Crippen LogP contribution in [-0.2, 0) is 0 Å². The summed E-state index contributed by atoms with van der Waals surface area (Å²) in [6.45, 7) is 6.18. The van der Waals surface area contributed by atoms with Crippen LogP contribution in [0.25, 0.3) is 0 Å². The topological polar surface area (TPSA) is 45.2 Å². The minimum atomic E-state index is 0.135. The molecule has 0 aliphatic carbocycles. The average molecular weight is 303 g/mol. The summed E-state index contributed by atoms with van der Waals surface area (Å²) in [5.41, 5.74) is 1.66. The molecule has 1 N–H and O–H groups in total. The third-order valence-corrected chi connectivity index (χ3v) is 4.45.